The number of oxazole rings is 1. The van der Waals surface area contributed by atoms with Crippen LogP contribution in [0.15, 0.2) is 34.9 Å². The minimum Gasteiger partial charge on any atom is -0.441 e. The molecule has 0 bridgehead atoms. The fourth-order valence-electron chi connectivity index (χ4n) is 1.49. The predicted octanol–water partition coefficient (Wildman–Crippen LogP) is 4.17. The molecule has 0 atom stereocenters. The van der Waals surface area contributed by atoms with Gasteiger partial charge in [-0.1, -0.05) is 20.8 Å². The van der Waals surface area contributed by atoms with Crippen molar-refractivity contribution < 1.29 is 8.81 Å². The van der Waals surface area contributed by atoms with Crippen molar-refractivity contribution in [2.24, 2.45) is 0 Å². The fourth-order valence-corrected chi connectivity index (χ4v) is 1.49. The van der Waals surface area contributed by atoms with Gasteiger partial charge >= 0.3 is 0 Å². The summed E-state index contributed by atoms with van der Waals surface area (Å²) in [6, 6.07) is 6.15. The molecule has 3 heteroatoms. The summed E-state index contributed by atoms with van der Waals surface area (Å²) in [7, 11) is 0. The Morgan fingerprint density at radius 3 is 2.47 bits per heavy atom. The maximum Gasteiger partial charge on any atom is 0.226 e. The monoisotopic (exact) mass is 233 g/mol. The summed E-state index contributed by atoms with van der Waals surface area (Å²) in [6.45, 7) is 6.34. The zero-order valence-electron chi connectivity index (χ0n) is 10.3. The molecule has 0 aliphatic heterocycles. The third-order valence-electron chi connectivity index (χ3n) is 3.15. The minimum atomic E-state index is -0.255. The highest BCUT2D eigenvalue weighted by atomic mass is 19.1. The zero-order valence-corrected chi connectivity index (χ0v) is 10.3. The van der Waals surface area contributed by atoms with Crippen molar-refractivity contribution in [2.45, 2.75) is 32.6 Å². The molecule has 0 saturated heterocycles. The van der Waals surface area contributed by atoms with E-state index in [4.69, 9.17) is 4.42 Å². The van der Waals surface area contributed by atoms with Gasteiger partial charge in [0.05, 0.1) is 6.20 Å². The van der Waals surface area contributed by atoms with E-state index < -0.39 is 0 Å². The molecule has 1 aromatic carbocycles. The number of aromatic nitrogens is 1. The van der Waals surface area contributed by atoms with E-state index in [0.717, 1.165) is 17.7 Å². The van der Waals surface area contributed by atoms with Crippen LogP contribution in [0.25, 0.3) is 11.5 Å². The topological polar surface area (TPSA) is 26.0 Å². The second-order valence-corrected chi connectivity index (χ2v) is 4.77. The Morgan fingerprint density at radius 1 is 1.24 bits per heavy atom. The largest absolute Gasteiger partial charge is 0.441 e. The molecule has 0 radical (unpaired) electrons. The van der Waals surface area contributed by atoms with Crippen LogP contribution in [-0.4, -0.2) is 4.98 Å². The highest BCUT2D eigenvalue weighted by Crippen LogP contribution is 2.30. The summed E-state index contributed by atoms with van der Waals surface area (Å²) in [5, 5.41) is 0. The molecule has 90 valence electrons. The van der Waals surface area contributed by atoms with Crippen molar-refractivity contribution in [3.63, 3.8) is 0 Å². The molecule has 0 N–H and O–H groups in total. The van der Waals surface area contributed by atoms with E-state index in [1.807, 2.05) is 0 Å². The SMILES string of the molecule is CCC(C)(C)c1cnc(-c2ccc(F)cc2)o1. The van der Waals surface area contributed by atoms with Crippen LogP contribution in [0.1, 0.15) is 33.0 Å². The fraction of sp³-hybridized carbons (Fsp3) is 0.357. The van der Waals surface area contributed by atoms with Crippen molar-refractivity contribution in [1.82, 2.24) is 4.98 Å². The molecule has 0 spiro atoms. The van der Waals surface area contributed by atoms with Crippen molar-refractivity contribution in [3.8, 4) is 11.5 Å². The second kappa shape index (κ2) is 4.32. The molecule has 17 heavy (non-hydrogen) atoms. The standard InChI is InChI=1S/C14H16FNO/c1-4-14(2,3)12-9-16-13(17-12)10-5-7-11(15)8-6-10/h5-9H,4H2,1-3H3. The second-order valence-electron chi connectivity index (χ2n) is 4.77. The summed E-state index contributed by atoms with van der Waals surface area (Å²) in [6.07, 6.45) is 2.73. The van der Waals surface area contributed by atoms with E-state index >= 15 is 0 Å². The van der Waals surface area contributed by atoms with Gasteiger partial charge in [0, 0.05) is 11.0 Å². The summed E-state index contributed by atoms with van der Waals surface area (Å²) in [5.74, 6) is 1.15. The van der Waals surface area contributed by atoms with Gasteiger partial charge in [-0.2, -0.15) is 0 Å². The number of rotatable bonds is 3. The van der Waals surface area contributed by atoms with Gasteiger partial charge in [0.25, 0.3) is 0 Å². The normalized spacial score (nSPS) is 11.8. The van der Waals surface area contributed by atoms with Gasteiger partial charge in [-0.25, -0.2) is 9.37 Å². The molecule has 0 aliphatic carbocycles. The van der Waals surface area contributed by atoms with Crippen molar-refractivity contribution in [2.75, 3.05) is 0 Å². The maximum absolute atomic E-state index is 12.8. The molecule has 0 amide bonds. The van der Waals surface area contributed by atoms with Crippen LogP contribution < -0.4 is 0 Å². The first-order chi connectivity index (χ1) is 8.03. The Balaban J connectivity index is 2.33. The van der Waals surface area contributed by atoms with Crippen LogP contribution in [0.3, 0.4) is 0 Å². The first-order valence-electron chi connectivity index (χ1n) is 5.75. The smallest absolute Gasteiger partial charge is 0.226 e. The maximum atomic E-state index is 12.8. The molecule has 0 fully saturated rings. The summed E-state index contributed by atoms with van der Waals surface area (Å²) in [4.78, 5) is 4.24. The van der Waals surface area contributed by atoms with Crippen molar-refractivity contribution in [1.29, 1.82) is 0 Å². The van der Waals surface area contributed by atoms with E-state index in [-0.39, 0.29) is 11.2 Å². The van der Waals surface area contributed by atoms with Crippen molar-refractivity contribution in [3.05, 3.63) is 42.0 Å². The lowest BCUT2D eigenvalue weighted by atomic mass is 9.88. The molecular formula is C14H16FNO. The number of benzene rings is 1. The first kappa shape index (κ1) is 11.8. The highest BCUT2D eigenvalue weighted by Gasteiger charge is 2.23. The molecule has 2 rings (SSSR count). The molecule has 2 aromatic rings. The summed E-state index contributed by atoms with van der Waals surface area (Å²) >= 11 is 0. The van der Waals surface area contributed by atoms with Gasteiger partial charge in [-0.3, -0.25) is 0 Å². The summed E-state index contributed by atoms with van der Waals surface area (Å²) in [5.41, 5.74) is 0.773. The average Bonchev–Trinajstić information content (AvgIpc) is 2.80. The molecule has 2 nitrogen and oxygen atoms in total. The summed E-state index contributed by atoms with van der Waals surface area (Å²) < 4.78 is 18.5. The lowest BCUT2D eigenvalue weighted by Gasteiger charge is -2.18. The third kappa shape index (κ3) is 2.38. The van der Waals surface area contributed by atoms with Crippen LogP contribution in [0, 0.1) is 5.82 Å². The highest BCUT2D eigenvalue weighted by molar-refractivity contribution is 5.52. The molecule has 1 heterocycles. The van der Waals surface area contributed by atoms with Gasteiger partial charge < -0.3 is 4.42 Å². The molecule has 0 aliphatic rings. The molecule has 0 saturated carbocycles. The predicted molar refractivity (Wildman–Crippen MR) is 65.2 cm³/mol. The van der Waals surface area contributed by atoms with Gasteiger partial charge in [-0.15, -0.1) is 0 Å². The Bertz CT molecular complexity index is 499. The number of nitrogens with zero attached hydrogens (tertiary/aromatic N) is 1. The average molecular weight is 233 g/mol. The van der Waals surface area contributed by atoms with Gasteiger partial charge in [0.2, 0.25) is 5.89 Å². The molecular weight excluding hydrogens is 217 g/mol. The van der Waals surface area contributed by atoms with Gasteiger partial charge in [0.1, 0.15) is 11.6 Å². The van der Waals surface area contributed by atoms with Crippen LogP contribution >= 0.6 is 0 Å². The quantitative estimate of drug-likeness (QED) is 0.795. The van der Waals surface area contributed by atoms with Crippen LogP contribution in [0.5, 0.6) is 0 Å². The Morgan fingerprint density at radius 2 is 1.88 bits per heavy atom. The number of hydrogen-bond donors (Lipinski definition) is 0. The van der Waals surface area contributed by atoms with E-state index in [1.54, 1.807) is 18.3 Å². The lowest BCUT2D eigenvalue weighted by molar-refractivity contribution is 0.380. The number of halogens is 1. The zero-order chi connectivity index (χ0) is 12.5. The third-order valence-corrected chi connectivity index (χ3v) is 3.15. The van der Waals surface area contributed by atoms with E-state index in [9.17, 15) is 4.39 Å². The molecule has 0 unspecified atom stereocenters. The first-order valence-corrected chi connectivity index (χ1v) is 5.75. The van der Waals surface area contributed by atoms with E-state index in [1.165, 1.54) is 12.1 Å². The van der Waals surface area contributed by atoms with Gasteiger partial charge in [-0.05, 0) is 30.7 Å². The minimum absolute atomic E-state index is 0.0225. The van der Waals surface area contributed by atoms with E-state index in [0.29, 0.717) is 5.89 Å². The lowest BCUT2D eigenvalue weighted by Crippen LogP contribution is -2.13. The van der Waals surface area contributed by atoms with Crippen molar-refractivity contribution >= 4 is 0 Å². The van der Waals surface area contributed by atoms with Crippen LogP contribution in [0.2, 0.25) is 0 Å². The van der Waals surface area contributed by atoms with Gasteiger partial charge in [0.15, 0.2) is 0 Å². The number of hydrogen-bond acceptors (Lipinski definition) is 2. The molecule has 1 aromatic heterocycles. The Hall–Kier alpha value is -1.64. The Labute approximate surface area is 100 Å². The van der Waals surface area contributed by atoms with Crippen LogP contribution in [0.4, 0.5) is 4.39 Å². The Kier molecular flexibility index (Phi) is 3.01. The van der Waals surface area contributed by atoms with Crippen LogP contribution in [-0.2, 0) is 5.41 Å². The van der Waals surface area contributed by atoms with E-state index in [2.05, 4.69) is 25.8 Å².